The highest BCUT2D eigenvalue weighted by atomic mass is 32.1. The summed E-state index contributed by atoms with van der Waals surface area (Å²) in [5.74, 6) is 0.553. The van der Waals surface area contributed by atoms with Crippen LogP contribution in [-0.2, 0) is 11.3 Å². The number of thiophene rings is 2. The summed E-state index contributed by atoms with van der Waals surface area (Å²) in [6.45, 7) is 0.800. The number of nitrogens with one attached hydrogen (secondary N) is 1. The number of methoxy groups -OCH3 is 1. The van der Waals surface area contributed by atoms with Crippen LogP contribution in [0.5, 0.6) is 5.75 Å². The molecule has 5 nitrogen and oxygen atoms in total. The number of carbonyl (C=O) groups excluding carboxylic acids is 2. The molecule has 0 saturated carbocycles. The molecular weight excluding hydrogens is 380 g/mol. The number of carbonyl (C=O) groups is 2. The van der Waals surface area contributed by atoms with Crippen LogP contribution < -0.4 is 15.0 Å². The lowest BCUT2D eigenvalue weighted by atomic mass is 10.2. The number of hydrogen-bond acceptors (Lipinski definition) is 5. The molecule has 2 amide bonds. The number of hydrogen-bond donors (Lipinski definition) is 1. The summed E-state index contributed by atoms with van der Waals surface area (Å²) in [4.78, 5) is 28.3. The molecule has 140 valence electrons. The number of benzene rings is 1. The van der Waals surface area contributed by atoms with Crippen LogP contribution in [0.4, 0.5) is 5.69 Å². The van der Waals surface area contributed by atoms with E-state index in [1.54, 1.807) is 29.4 Å². The van der Waals surface area contributed by atoms with E-state index < -0.39 is 0 Å². The smallest absolute Gasteiger partial charge is 0.261 e. The molecule has 0 spiro atoms. The second-order valence-electron chi connectivity index (χ2n) is 5.74. The van der Waals surface area contributed by atoms with Gasteiger partial charge in [0.05, 0.1) is 18.5 Å². The van der Waals surface area contributed by atoms with E-state index in [-0.39, 0.29) is 18.2 Å². The van der Waals surface area contributed by atoms with E-state index in [1.165, 1.54) is 11.3 Å². The molecule has 0 fully saturated rings. The Morgan fingerprint density at radius 1 is 1.04 bits per heavy atom. The summed E-state index contributed by atoms with van der Waals surface area (Å²) in [6.07, 6.45) is 0.231. The third-order valence-corrected chi connectivity index (χ3v) is 5.68. The first-order valence-corrected chi connectivity index (χ1v) is 10.2. The molecule has 7 heteroatoms. The molecule has 3 rings (SSSR count). The summed E-state index contributed by atoms with van der Waals surface area (Å²) in [5.41, 5.74) is 0.804. The first kappa shape index (κ1) is 19.1. The van der Waals surface area contributed by atoms with Gasteiger partial charge in [-0.25, -0.2) is 0 Å². The second-order valence-corrected chi connectivity index (χ2v) is 7.72. The van der Waals surface area contributed by atoms with Crippen molar-refractivity contribution in [2.45, 2.75) is 13.0 Å². The lowest BCUT2D eigenvalue weighted by Gasteiger charge is -2.23. The van der Waals surface area contributed by atoms with E-state index in [9.17, 15) is 9.59 Å². The third-order valence-electron chi connectivity index (χ3n) is 3.95. The van der Waals surface area contributed by atoms with Crippen LogP contribution in [0, 0.1) is 0 Å². The number of anilines is 1. The highest BCUT2D eigenvalue weighted by Crippen LogP contribution is 2.23. The third kappa shape index (κ3) is 5.18. The molecule has 0 aliphatic rings. The maximum atomic E-state index is 12.8. The standard InChI is InChI=1S/C20H20N2O3S2/c1-25-16-8-6-15(7-9-16)22(14-17-4-2-12-26-17)19(23)10-11-21-20(24)18-5-3-13-27-18/h2-9,12-13H,10-11,14H2,1H3,(H,21,24). The predicted molar refractivity (Wildman–Crippen MR) is 110 cm³/mol. The van der Waals surface area contributed by atoms with E-state index in [4.69, 9.17) is 4.74 Å². The van der Waals surface area contributed by atoms with Gasteiger partial charge < -0.3 is 15.0 Å². The average molecular weight is 401 g/mol. The van der Waals surface area contributed by atoms with E-state index in [0.717, 1.165) is 16.3 Å². The molecular formula is C20H20N2O3S2. The van der Waals surface area contributed by atoms with Crippen molar-refractivity contribution in [3.05, 3.63) is 69.0 Å². The molecule has 0 saturated heterocycles. The topological polar surface area (TPSA) is 58.6 Å². The number of rotatable bonds is 8. The molecule has 1 N–H and O–H groups in total. The lowest BCUT2D eigenvalue weighted by molar-refractivity contribution is -0.118. The van der Waals surface area contributed by atoms with Crippen molar-refractivity contribution in [2.24, 2.45) is 0 Å². The van der Waals surface area contributed by atoms with Gasteiger partial charge in [0, 0.05) is 23.5 Å². The number of amides is 2. The van der Waals surface area contributed by atoms with Crippen molar-refractivity contribution >= 4 is 40.2 Å². The Morgan fingerprint density at radius 2 is 1.78 bits per heavy atom. The highest BCUT2D eigenvalue weighted by Gasteiger charge is 2.17. The largest absolute Gasteiger partial charge is 0.497 e. The Bertz CT molecular complexity index is 859. The van der Waals surface area contributed by atoms with Crippen LogP contribution in [0.25, 0.3) is 0 Å². The summed E-state index contributed by atoms with van der Waals surface area (Å²) in [5, 5.41) is 6.65. The zero-order valence-electron chi connectivity index (χ0n) is 14.9. The van der Waals surface area contributed by atoms with E-state index in [1.807, 2.05) is 53.2 Å². The zero-order valence-corrected chi connectivity index (χ0v) is 16.5. The molecule has 0 aliphatic carbocycles. The van der Waals surface area contributed by atoms with Crippen molar-refractivity contribution in [2.75, 3.05) is 18.6 Å². The minimum absolute atomic E-state index is 0.0416. The van der Waals surface area contributed by atoms with Gasteiger partial charge in [-0.05, 0) is 47.2 Å². The molecule has 0 radical (unpaired) electrons. The van der Waals surface area contributed by atoms with Crippen LogP contribution in [0.15, 0.2) is 59.3 Å². The van der Waals surface area contributed by atoms with Gasteiger partial charge >= 0.3 is 0 Å². The van der Waals surface area contributed by atoms with Gasteiger partial charge in [0.25, 0.3) is 5.91 Å². The Labute approximate surface area is 166 Å². The van der Waals surface area contributed by atoms with E-state index >= 15 is 0 Å². The summed E-state index contributed by atoms with van der Waals surface area (Å²) >= 11 is 2.99. The minimum atomic E-state index is -0.146. The Balaban J connectivity index is 1.65. The second kappa shape index (κ2) is 9.34. The predicted octanol–water partition coefficient (Wildman–Crippen LogP) is 4.17. The molecule has 3 aromatic rings. The molecule has 0 atom stereocenters. The summed E-state index contributed by atoms with van der Waals surface area (Å²) in [6, 6.07) is 15.0. The number of nitrogens with zero attached hydrogens (tertiary/aromatic N) is 1. The quantitative estimate of drug-likeness (QED) is 0.617. The minimum Gasteiger partial charge on any atom is -0.497 e. The Morgan fingerprint density at radius 3 is 2.41 bits per heavy atom. The SMILES string of the molecule is COc1ccc(N(Cc2cccs2)C(=O)CCNC(=O)c2cccs2)cc1. The fourth-order valence-electron chi connectivity index (χ4n) is 2.56. The van der Waals surface area contributed by atoms with Gasteiger partial charge in [-0.15, -0.1) is 22.7 Å². The maximum absolute atomic E-state index is 12.8. The lowest BCUT2D eigenvalue weighted by Crippen LogP contribution is -2.34. The monoisotopic (exact) mass is 400 g/mol. The summed E-state index contributed by atoms with van der Waals surface area (Å²) in [7, 11) is 1.61. The fraction of sp³-hybridized carbons (Fsp3) is 0.200. The van der Waals surface area contributed by atoms with Gasteiger partial charge in [0.2, 0.25) is 5.91 Å². The van der Waals surface area contributed by atoms with Gasteiger partial charge in [-0.3, -0.25) is 9.59 Å². The van der Waals surface area contributed by atoms with Crippen LogP contribution in [0.1, 0.15) is 21.0 Å². The van der Waals surface area contributed by atoms with E-state index in [2.05, 4.69) is 5.32 Å². The first-order valence-electron chi connectivity index (χ1n) is 8.46. The van der Waals surface area contributed by atoms with E-state index in [0.29, 0.717) is 18.0 Å². The van der Waals surface area contributed by atoms with Crippen LogP contribution in [0.3, 0.4) is 0 Å². The molecule has 27 heavy (non-hydrogen) atoms. The zero-order chi connectivity index (χ0) is 19.1. The molecule has 0 aliphatic heterocycles. The molecule has 2 heterocycles. The van der Waals surface area contributed by atoms with Gasteiger partial charge in [0.1, 0.15) is 5.75 Å². The molecule has 2 aromatic heterocycles. The van der Waals surface area contributed by atoms with Crippen LogP contribution >= 0.6 is 22.7 Å². The maximum Gasteiger partial charge on any atom is 0.261 e. The first-order chi connectivity index (χ1) is 13.2. The average Bonchev–Trinajstić information content (AvgIpc) is 3.40. The fourth-order valence-corrected chi connectivity index (χ4v) is 3.89. The van der Waals surface area contributed by atoms with Crippen LogP contribution in [-0.4, -0.2) is 25.5 Å². The van der Waals surface area contributed by atoms with Crippen molar-refractivity contribution < 1.29 is 14.3 Å². The van der Waals surface area contributed by atoms with Crippen LogP contribution in [0.2, 0.25) is 0 Å². The van der Waals surface area contributed by atoms with Gasteiger partial charge in [-0.1, -0.05) is 12.1 Å². The highest BCUT2D eigenvalue weighted by molar-refractivity contribution is 7.12. The molecule has 1 aromatic carbocycles. The molecule has 0 unspecified atom stereocenters. The van der Waals surface area contributed by atoms with Crippen molar-refractivity contribution in [1.82, 2.24) is 5.32 Å². The molecule has 0 bridgehead atoms. The summed E-state index contributed by atoms with van der Waals surface area (Å²) < 4.78 is 5.19. The van der Waals surface area contributed by atoms with Gasteiger partial charge in [-0.2, -0.15) is 0 Å². The number of ether oxygens (including phenoxy) is 1. The normalized spacial score (nSPS) is 10.4. The van der Waals surface area contributed by atoms with Crippen molar-refractivity contribution in [3.63, 3.8) is 0 Å². The Hall–Kier alpha value is -2.64. The van der Waals surface area contributed by atoms with Crippen molar-refractivity contribution in [1.29, 1.82) is 0 Å². The Kier molecular flexibility index (Phi) is 6.62. The van der Waals surface area contributed by atoms with Crippen molar-refractivity contribution in [3.8, 4) is 5.75 Å². The van der Waals surface area contributed by atoms with Gasteiger partial charge in [0.15, 0.2) is 0 Å².